The number of rotatable bonds is 5. The Labute approximate surface area is 196 Å². The summed E-state index contributed by atoms with van der Waals surface area (Å²) >= 11 is 1.14. The average Bonchev–Trinajstić information content (AvgIpc) is 3.42. The van der Waals surface area contributed by atoms with Crippen molar-refractivity contribution in [2.45, 2.75) is 11.7 Å². The van der Waals surface area contributed by atoms with Gasteiger partial charge in [-0.2, -0.15) is 13.2 Å². The summed E-state index contributed by atoms with van der Waals surface area (Å²) in [4.78, 5) is 41.2. The van der Waals surface area contributed by atoms with Gasteiger partial charge in [-0.3, -0.25) is 14.9 Å². The number of aromatic nitrogens is 1. The molecule has 2 aromatic carbocycles. The number of thiazole rings is 1. The number of hydrogen-bond acceptors (Lipinski definition) is 5. The zero-order chi connectivity index (χ0) is 24.7. The van der Waals surface area contributed by atoms with Gasteiger partial charge in [0.15, 0.2) is 17.2 Å². The lowest BCUT2D eigenvalue weighted by molar-refractivity contribution is -0.137. The Morgan fingerprint density at radius 1 is 1.12 bits per heavy atom. The highest BCUT2D eigenvalue weighted by Crippen LogP contribution is 2.34. The van der Waals surface area contributed by atoms with Gasteiger partial charge in [-0.15, -0.1) is 11.3 Å². The van der Waals surface area contributed by atoms with E-state index < -0.39 is 64.4 Å². The molecule has 1 aromatic heterocycles. The van der Waals surface area contributed by atoms with E-state index in [-0.39, 0.29) is 15.5 Å². The van der Waals surface area contributed by atoms with Crippen LogP contribution in [0.15, 0.2) is 47.3 Å². The number of amides is 4. The Kier molecular flexibility index (Phi) is 5.81. The molecular weight excluding hydrogens is 483 g/mol. The van der Waals surface area contributed by atoms with Gasteiger partial charge < -0.3 is 10.6 Å². The van der Waals surface area contributed by atoms with Crippen LogP contribution in [-0.4, -0.2) is 29.4 Å². The van der Waals surface area contributed by atoms with E-state index in [1.165, 1.54) is 10.9 Å². The average molecular weight is 502 g/mol. The second-order valence-electron chi connectivity index (χ2n) is 7.23. The first-order valence-electron chi connectivity index (χ1n) is 9.49. The topological polar surface area (TPSA) is 100 Å². The fourth-order valence-electron chi connectivity index (χ4n) is 3.47. The summed E-state index contributed by atoms with van der Waals surface area (Å²) in [5.74, 6) is -4.49. The predicted molar refractivity (Wildman–Crippen MR) is 116 cm³/mol. The maximum atomic E-state index is 14.7. The Morgan fingerprint density at radius 3 is 2.38 bits per heavy atom. The van der Waals surface area contributed by atoms with Crippen molar-refractivity contribution < 1.29 is 40.6 Å². The third kappa shape index (κ3) is 4.09. The SMILES string of the molecule is O=C1NC(=O)C(CNC(=O)c2ccc(F)c(F)c2-c2ccc(C(F)(F)F)cc2)(c2cscn2)N1.[HH].[HH].[HH]. The minimum atomic E-state index is -4.64. The molecule has 0 bridgehead atoms. The largest absolute Gasteiger partial charge is 0.416 e. The second kappa shape index (κ2) is 8.48. The van der Waals surface area contributed by atoms with Gasteiger partial charge in [0.2, 0.25) is 0 Å². The zero-order valence-corrected chi connectivity index (χ0v) is 17.6. The summed E-state index contributed by atoms with van der Waals surface area (Å²) in [5, 5.41) is 8.34. The number of imide groups is 1. The molecule has 1 unspecified atom stereocenters. The molecule has 2 heterocycles. The van der Waals surface area contributed by atoms with Crippen molar-refractivity contribution in [2.75, 3.05) is 6.54 Å². The number of hydrogen-bond donors (Lipinski definition) is 3. The number of nitrogens with one attached hydrogen (secondary N) is 3. The van der Waals surface area contributed by atoms with Gasteiger partial charge in [0.25, 0.3) is 11.8 Å². The molecule has 1 aliphatic rings. The molecule has 3 N–H and O–H groups in total. The highest BCUT2D eigenvalue weighted by Gasteiger charge is 2.49. The molecule has 0 radical (unpaired) electrons. The van der Waals surface area contributed by atoms with E-state index in [1.807, 2.05) is 0 Å². The Balaban J connectivity index is 0.00000228. The molecule has 3 aromatic rings. The molecule has 4 rings (SSSR count). The highest BCUT2D eigenvalue weighted by atomic mass is 32.1. The van der Waals surface area contributed by atoms with Crippen LogP contribution in [0.25, 0.3) is 11.1 Å². The Morgan fingerprint density at radius 2 is 1.82 bits per heavy atom. The van der Waals surface area contributed by atoms with Crippen molar-refractivity contribution >= 4 is 29.2 Å². The molecule has 7 nitrogen and oxygen atoms in total. The van der Waals surface area contributed by atoms with Crippen LogP contribution in [0.5, 0.6) is 0 Å². The summed E-state index contributed by atoms with van der Waals surface area (Å²) in [7, 11) is 0. The first kappa shape index (κ1) is 23.3. The van der Waals surface area contributed by atoms with Gasteiger partial charge >= 0.3 is 12.2 Å². The molecule has 1 atom stereocenters. The lowest BCUT2D eigenvalue weighted by Gasteiger charge is -2.24. The van der Waals surface area contributed by atoms with Crippen molar-refractivity contribution in [3.63, 3.8) is 0 Å². The standard InChI is InChI=1S/C21H13F5N4O3S.3H2/c22-13-6-5-12(15(16(13)23)10-1-3-11(4-2-10)21(24,25)26)17(31)27-8-20(14-7-34-9-28-14)18(32)29-19(33)30-20;;;/h1-7,9H,8H2,(H,27,31)(H2,29,30,32,33);3*1H. The number of alkyl halides is 3. The molecule has 1 aliphatic heterocycles. The number of carbonyl (C=O) groups is 3. The van der Waals surface area contributed by atoms with E-state index in [0.29, 0.717) is 18.2 Å². The van der Waals surface area contributed by atoms with Crippen LogP contribution in [0.1, 0.15) is 25.9 Å². The first-order chi connectivity index (χ1) is 16.0. The van der Waals surface area contributed by atoms with E-state index in [2.05, 4.69) is 20.9 Å². The summed E-state index contributed by atoms with van der Waals surface area (Å²) < 4.78 is 67.2. The molecule has 0 saturated carbocycles. The molecular formula is C21H19F5N4O3S. The van der Waals surface area contributed by atoms with Crippen LogP contribution in [0, 0.1) is 11.6 Å². The first-order valence-corrected chi connectivity index (χ1v) is 10.4. The van der Waals surface area contributed by atoms with Gasteiger partial charge in [0.1, 0.15) is 0 Å². The van der Waals surface area contributed by atoms with Crippen molar-refractivity contribution in [3.05, 3.63) is 75.7 Å². The smallest absolute Gasteiger partial charge is 0.349 e. The van der Waals surface area contributed by atoms with E-state index in [4.69, 9.17) is 0 Å². The monoisotopic (exact) mass is 502 g/mol. The summed E-state index contributed by atoms with van der Waals surface area (Å²) in [6.07, 6.45) is -4.64. The lowest BCUT2D eigenvalue weighted by Crippen LogP contribution is -2.52. The molecule has 1 fully saturated rings. The fraction of sp³-hybridized carbons (Fsp3) is 0.143. The van der Waals surface area contributed by atoms with Crippen molar-refractivity contribution in [1.82, 2.24) is 20.9 Å². The molecule has 0 spiro atoms. The normalized spacial score (nSPS) is 17.9. The fourth-order valence-corrected chi connectivity index (χ4v) is 4.09. The minimum absolute atomic E-state index is 0. The van der Waals surface area contributed by atoms with Crippen molar-refractivity contribution in [2.24, 2.45) is 0 Å². The molecule has 182 valence electrons. The van der Waals surface area contributed by atoms with Crippen LogP contribution in [0.2, 0.25) is 0 Å². The molecule has 1 saturated heterocycles. The maximum Gasteiger partial charge on any atom is 0.416 e. The van der Waals surface area contributed by atoms with E-state index in [0.717, 1.165) is 29.5 Å². The van der Waals surface area contributed by atoms with Gasteiger partial charge in [-0.05, 0) is 29.8 Å². The maximum absolute atomic E-state index is 14.7. The van der Waals surface area contributed by atoms with Gasteiger partial charge in [-0.25, -0.2) is 18.6 Å². The zero-order valence-electron chi connectivity index (χ0n) is 16.8. The van der Waals surface area contributed by atoms with E-state index >= 15 is 0 Å². The minimum Gasteiger partial charge on any atom is -0.349 e. The highest BCUT2D eigenvalue weighted by molar-refractivity contribution is 7.07. The number of benzene rings is 2. The third-order valence-electron chi connectivity index (χ3n) is 5.17. The van der Waals surface area contributed by atoms with Crippen LogP contribution in [0.4, 0.5) is 26.7 Å². The number of nitrogens with zero attached hydrogens (tertiary/aromatic N) is 1. The third-order valence-corrected chi connectivity index (χ3v) is 5.75. The van der Waals surface area contributed by atoms with E-state index in [9.17, 15) is 36.3 Å². The van der Waals surface area contributed by atoms with Gasteiger partial charge in [0, 0.05) is 15.2 Å². The van der Waals surface area contributed by atoms with Crippen molar-refractivity contribution in [3.8, 4) is 11.1 Å². The lowest BCUT2D eigenvalue weighted by atomic mass is 9.94. The Bertz CT molecular complexity index is 1290. The van der Waals surface area contributed by atoms with Crippen LogP contribution in [0.3, 0.4) is 0 Å². The summed E-state index contributed by atoms with van der Waals surface area (Å²) in [6, 6.07) is 4.03. The number of halogens is 5. The molecule has 34 heavy (non-hydrogen) atoms. The van der Waals surface area contributed by atoms with Crippen LogP contribution >= 0.6 is 11.3 Å². The van der Waals surface area contributed by atoms with Crippen molar-refractivity contribution in [1.29, 1.82) is 0 Å². The number of carbonyl (C=O) groups excluding carboxylic acids is 3. The predicted octanol–water partition coefficient (Wildman–Crippen LogP) is 4.31. The van der Waals surface area contributed by atoms with Gasteiger partial charge in [-0.1, -0.05) is 12.1 Å². The molecule has 4 amide bonds. The summed E-state index contributed by atoms with van der Waals surface area (Å²) in [5.41, 5.74) is -2.31. The second-order valence-corrected chi connectivity index (χ2v) is 7.95. The van der Waals surface area contributed by atoms with Crippen LogP contribution in [-0.2, 0) is 16.5 Å². The van der Waals surface area contributed by atoms with Gasteiger partial charge in [0.05, 0.1) is 28.9 Å². The summed E-state index contributed by atoms with van der Waals surface area (Å²) in [6.45, 7) is -0.488. The Hall–Kier alpha value is -3.87. The molecule has 13 heteroatoms. The number of urea groups is 1. The van der Waals surface area contributed by atoms with Crippen LogP contribution < -0.4 is 16.0 Å². The quantitative estimate of drug-likeness (QED) is 0.358. The van der Waals surface area contributed by atoms with E-state index in [1.54, 1.807) is 0 Å². The molecule has 0 aliphatic carbocycles.